The van der Waals surface area contributed by atoms with Crippen molar-refractivity contribution >= 4 is 5.97 Å². The highest BCUT2D eigenvalue weighted by Gasteiger charge is 2.36. The fraction of sp³-hybridized carbons (Fsp3) is 0.857. The number of hydrogen-bond acceptors (Lipinski definition) is 3. The van der Waals surface area contributed by atoms with Gasteiger partial charge in [0, 0.05) is 12.3 Å². The molecule has 0 amide bonds. The zero-order valence-electron chi connectivity index (χ0n) is 5.71. The van der Waals surface area contributed by atoms with E-state index in [0.717, 1.165) is 13.0 Å². The smallest absolute Gasteiger partial charge is 0.306 e. The van der Waals surface area contributed by atoms with E-state index < -0.39 is 0 Å². The van der Waals surface area contributed by atoms with Crippen LogP contribution in [0, 0.1) is 5.92 Å². The Labute approximate surface area is 59.3 Å². The maximum absolute atomic E-state index is 10.7. The van der Waals surface area contributed by atoms with Crippen molar-refractivity contribution in [2.24, 2.45) is 5.92 Å². The van der Waals surface area contributed by atoms with Crippen LogP contribution in [0.3, 0.4) is 0 Å². The summed E-state index contributed by atoms with van der Waals surface area (Å²) in [6.45, 7) is 1.45. The van der Waals surface area contributed by atoms with E-state index in [0.29, 0.717) is 18.9 Å². The Bertz CT molecular complexity index is 139. The quantitative estimate of drug-likeness (QED) is 0.457. The van der Waals surface area contributed by atoms with Gasteiger partial charge in [-0.25, -0.2) is 0 Å². The fourth-order valence-corrected chi connectivity index (χ4v) is 1.55. The van der Waals surface area contributed by atoms with E-state index in [-0.39, 0.29) is 12.1 Å². The molecule has 2 aliphatic heterocycles. The molecule has 3 nitrogen and oxygen atoms in total. The third kappa shape index (κ3) is 0.904. The van der Waals surface area contributed by atoms with E-state index >= 15 is 0 Å². The molecule has 0 spiro atoms. The van der Waals surface area contributed by atoms with Crippen molar-refractivity contribution in [2.75, 3.05) is 13.2 Å². The molecule has 0 aromatic rings. The standard InChI is InChI=1S/C7H10O3/c8-7-3-5-4-9-2-1-6(5)10-7/h5-6H,1-4H2. The maximum atomic E-state index is 10.7. The predicted molar refractivity (Wildman–Crippen MR) is 33.4 cm³/mol. The van der Waals surface area contributed by atoms with Crippen LogP contribution in [0.2, 0.25) is 0 Å². The minimum absolute atomic E-state index is 0.0551. The van der Waals surface area contributed by atoms with Crippen molar-refractivity contribution in [2.45, 2.75) is 18.9 Å². The van der Waals surface area contributed by atoms with Crippen molar-refractivity contribution < 1.29 is 14.3 Å². The monoisotopic (exact) mass is 142 g/mol. The van der Waals surface area contributed by atoms with Crippen LogP contribution >= 0.6 is 0 Å². The Morgan fingerprint density at radius 1 is 1.50 bits per heavy atom. The van der Waals surface area contributed by atoms with Gasteiger partial charge in [-0.2, -0.15) is 0 Å². The van der Waals surface area contributed by atoms with Gasteiger partial charge in [0.15, 0.2) is 0 Å². The van der Waals surface area contributed by atoms with Gasteiger partial charge >= 0.3 is 5.97 Å². The molecule has 2 rings (SSSR count). The molecule has 2 atom stereocenters. The van der Waals surface area contributed by atoms with Gasteiger partial charge in [0.25, 0.3) is 0 Å². The highest BCUT2D eigenvalue weighted by molar-refractivity contribution is 5.72. The summed E-state index contributed by atoms with van der Waals surface area (Å²) in [7, 11) is 0. The van der Waals surface area contributed by atoms with Crippen LogP contribution < -0.4 is 0 Å². The predicted octanol–water partition coefficient (Wildman–Crippen LogP) is 0.338. The van der Waals surface area contributed by atoms with Crippen LogP contribution in [0.1, 0.15) is 12.8 Å². The van der Waals surface area contributed by atoms with Gasteiger partial charge in [-0.3, -0.25) is 4.79 Å². The summed E-state index contributed by atoms with van der Waals surface area (Å²) in [5.41, 5.74) is 0. The number of carbonyl (C=O) groups is 1. The molecule has 0 aromatic carbocycles. The number of ether oxygens (including phenoxy) is 2. The average Bonchev–Trinajstić information content (AvgIpc) is 2.27. The van der Waals surface area contributed by atoms with Gasteiger partial charge in [-0.1, -0.05) is 0 Å². The second-order valence-corrected chi connectivity index (χ2v) is 2.86. The topological polar surface area (TPSA) is 35.5 Å². The van der Waals surface area contributed by atoms with Gasteiger partial charge in [-0.05, 0) is 0 Å². The third-order valence-electron chi connectivity index (χ3n) is 2.12. The molecule has 0 aliphatic carbocycles. The van der Waals surface area contributed by atoms with Crippen molar-refractivity contribution in [1.82, 2.24) is 0 Å². The van der Waals surface area contributed by atoms with E-state index in [1.165, 1.54) is 0 Å². The highest BCUT2D eigenvalue weighted by atomic mass is 16.6. The Balaban J connectivity index is 2.04. The minimum atomic E-state index is -0.0551. The normalized spacial score (nSPS) is 39.0. The molecule has 2 aliphatic rings. The molecule has 2 fully saturated rings. The molecule has 0 bridgehead atoms. The van der Waals surface area contributed by atoms with Gasteiger partial charge in [0.05, 0.1) is 19.6 Å². The fourth-order valence-electron chi connectivity index (χ4n) is 1.55. The number of carbonyl (C=O) groups excluding carboxylic acids is 1. The molecule has 56 valence electrons. The number of esters is 1. The molecular weight excluding hydrogens is 132 g/mol. The number of fused-ring (bicyclic) bond motifs is 1. The average molecular weight is 142 g/mol. The van der Waals surface area contributed by atoms with Crippen LogP contribution in [0.4, 0.5) is 0 Å². The van der Waals surface area contributed by atoms with Gasteiger partial charge < -0.3 is 9.47 Å². The lowest BCUT2D eigenvalue weighted by Crippen LogP contribution is -2.28. The summed E-state index contributed by atoms with van der Waals surface area (Å²) in [4.78, 5) is 10.7. The van der Waals surface area contributed by atoms with E-state index in [2.05, 4.69) is 0 Å². The second-order valence-electron chi connectivity index (χ2n) is 2.86. The van der Waals surface area contributed by atoms with Crippen molar-refractivity contribution in [1.29, 1.82) is 0 Å². The molecule has 3 heteroatoms. The van der Waals surface area contributed by atoms with Crippen LogP contribution in [0.5, 0.6) is 0 Å². The van der Waals surface area contributed by atoms with Gasteiger partial charge in [0.2, 0.25) is 0 Å². The molecule has 2 saturated heterocycles. The minimum Gasteiger partial charge on any atom is -0.462 e. The lowest BCUT2D eigenvalue weighted by Gasteiger charge is -2.22. The SMILES string of the molecule is O=C1CC2COCCC2O1. The lowest BCUT2D eigenvalue weighted by molar-refractivity contribution is -0.143. The second kappa shape index (κ2) is 2.23. The lowest BCUT2D eigenvalue weighted by atomic mass is 9.98. The number of rotatable bonds is 0. The molecular formula is C7H10O3. The van der Waals surface area contributed by atoms with E-state index in [9.17, 15) is 4.79 Å². The van der Waals surface area contributed by atoms with Crippen LogP contribution in [-0.4, -0.2) is 25.3 Å². The van der Waals surface area contributed by atoms with Gasteiger partial charge in [-0.15, -0.1) is 0 Å². The van der Waals surface area contributed by atoms with Gasteiger partial charge in [0.1, 0.15) is 6.10 Å². The summed E-state index contributed by atoms with van der Waals surface area (Å²) in [6.07, 6.45) is 1.61. The summed E-state index contributed by atoms with van der Waals surface area (Å²) in [5, 5.41) is 0. The van der Waals surface area contributed by atoms with E-state index in [1.54, 1.807) is 0 Å². The van der Waals surface area contributed by atoms with Crippen molar-refractivity contribution in [3.05, 3.63) is 0 Å². The van der Waals surface area contributed by atoms with Crippen molar-refractivity contribution in [3.63, 3.8) is 0 Å². The molecule has 2 unspecified atom stereocenters. The first-order chi connectivity index (χ1) is 4.86. The van der Waals surface area contributed by atoms with E-state index in [1.807, 2.05) is 0 Å². The highest BCUT2D eigenvalue weighted by Crippen LogP contribution is 2.27. The molecule has 10 heavy (non-hydrogen) atoms. The number of hydrogen-bond donors (Lipinski definition) is 0. The van der Waals surface area contributed by atoms with Crippen LogP contribution in [0.15, 0.2) is 0 Å². The Morgan fingerprint density at radius 3 is 3.20 bits per heavy atom. The Morgan fingerprint density at radius 2 is 2.40 bits per heavy atom. The van der Waals surface area contributed by atoms with E-state index in [4.69, 9.17) is 9.47 Å². The summed E-state index contributed by atoms with van der Waals surface area (Å²) in [6, 6.07) is 0. The Hall–Kier alpha value is -0.570. The molecule has 0 aromatic heterocycles. The van der Waals surface area contributed by atoms with Crippen molar-refractivity contribution in [3.8, 4) is 0 Å². The first kappa shape index (κ1) is 6.16. The summed E-state index contributed by atoms with van der Waals surface area (Å²) in [5.74, 6) is 0.293. The zero-order chi connectivity index (χ0) is 6.97. The molecule has 2 heterocycles. The molecule has 0 radical (unpaired) electrons. The molecule has 0 N–H and O–H groups in total. The first-order valence-corrected chi connectivity index (χ1v) is 3.63. The summed E-state index contributed by atoms with van der Waals surface area (Å²) >= 11 is 0. The third-order valence-corrected chi connectivity index (χ3v) is 2.12. The molecule has 0 saturated carbocycles. The zero-order valence-corrected chi connectivity index (χ0v) is 5.71. The Kier molecular flexibility index (Phi) is 1.38. The largest absolute Gasteiger partial charge is 0.462 e. The van der Waals surface area contributed by atoms with Crippen LogP contribution in [0.25, 0.3) is 0 Å². The first-order valence-electron chi connectivity index (χ1n) is 3.63. The van der Waals surface area contributed by atoms with Crippen LogP contribution in [-0.2, 0) is 14.3 Å². The summed E-state index contributed by atoms with van der Waals surface area (Å²) < 4.78 is 10.2. The maximum Gasteiger partial charge on any atom is 0.306 e.